The number of nitriles is 1. The molecule has 1 heterocycles. The smallest absolute Gasteiger partial charge is 0.135 e. The molecule has 0 saturated heterocycles. The Morgan fingerprint density at radius 3 is 1.87 bits per heavy atom. The van der Waals surface area contributed by atoms with Crippen LogP contribution in [0.4, 0.5) is 23.0 Å². The summed E-state index contributed by atoms with van der Waals surface area (Å²) in [5, 5.41) is 15.8. The Morgan fingerprint density at radius 1 is 0.826 bits per heavy atom. The Balaban J connectivity index is 1.74. The van der Waals surface area contributed by atoms with Gasteiger partial charge in [0.15, 0.2) is 0 Å². The van der Waals surface area contributed by atoms with E-state index in [0.29, 0.717) is 22.2 Å². The highest BCUT2D eigenvalue weighted by Gasteiger charge is 2.01. The molecule has 0 unspecified atom stereocenters. The summed E-state index contributed by atoms with van der Waals surface area (Å²) in [4.78, 5) is 8.37. The van der Waals surface area contributed by atoms with E-state index in [1.54, 1.807) is 30.3 Å². The van der Waals surface area contributed by atoms with Gasteiger partial charge in [-0.2, -0.15) is 5.26 Å². The molecule has 0 atom stereocenters. The molecule has 3 rings (SSSR count). The Kier molecular flexibility index (Phi) is 4.37. The minimum absolute atomic E-state index is 0.614. The van der Waals surface area contributed by atoms with Gasteiger partial charge in [-0.15, -0.1) is 0 Å². The Labute approximate surface area is 138 Å². The lowest BCUT2D eigenvalue weighted by Crippen LogP contribution is -1.98. The van der Waals surface area contributed by atoms with Crippen molar-refractivity contribution in [2.75, 3.05) is 10.6 Å². The molecule has 2 aromatic carbocycles. The van der Waals surface area contributed by atoms with Gasteiger partial charge in [-0.1, -0.05) is 11.6 Å². The van der Waals surface area contributed by atoms with Crippen molar-refractivity contribution in [2.24, 2.45) is 0 Å². The average Bonchev–Trinajstić information content (AvgIpc) is 2.58. The van der Waals surface area contributed by atoms with Crippen molar-refractivity contribution in [3.8, 4) is 6.07 Å². The summed E-state index contributed by atoms with van der Waals surface area (Å²) in [7, 11) is 0. The summed E-state index contributed by atoms with van der Waals surface area (Å²) in [6.45, 7) is 0. The van der Waals surface area contributed by atoms with Gasteiger partial charge in [0.05, 0.1) is 11.6 Å². The van der Waals surface area contributed by atoms with E-state index in [4.69, 9.17) is 16.9 Å². The van der Waals surface area contributed by atoms with Crippen molar-refractivity contribution in [2.45, 2.75) is 0 Å². The lowest BCUT2D eigenvalue weighted by molar-refractivity contribution is 1.17. The molecule has 0 aliphatic rings. The number of aromatic nitrogens is 2. The lowest BCUT2D eigenvalue weighted by atomic mass is 10.2. The molecule has 23 heavy (non-hydrogen) atoms. The quantitative estimate of drug-likeness (QED) is 0.740. The van der Waals surface area contributed by atoms with E-state index < -0.39 is 0 Å². The maximum atomic E-state index is 8.80. The Morgan fingerprint density at radius 2 is 1.35 bits per heavy atom. The average molecular weight is 322 g/mol. The third-order valence-electron chi connectivity index (χ3n) is 3.07. The molecule has 3 aromatic rings. The van der Waals surface area contributed by atoms with E-state index in [1.807, 2.05) is 24.3 Å². The van der Waals surface area contributed by atoms with E-state index in [-0.39, 0.29) is 0 Å². The first kappa shape index (κ1) is 14.8. The van der Waals surface area contributed by atoms with E-state index >= 15 is 0 Å². The molecular weight excluding hydrogens is 310 g/mol. The van der Waals surface area contributed by atoms with Crippen LogP contribution in [0.15, 0.2) is 60.9 Å². The van der Waals surface area contributed by atoms with Gasteiger partial charge < -0.3 is 10.6 Å². The molecule has 0 aliphatic carbocycles. The number of anilines is 4. The van der Waals surface area contributed by atoms with Crippen molar-refractivity contribution in [1.82, 2.24) is 9.97 Å². The van der Waals surface area contributed by atoms with Crippen molar-refractivity contribution < 1.29 is 0 Å². The number of rotatable bonds is 4. The van der Waals surface area contributed by atoms with Crippen LogP contribution in [0, 0.1) is 11.3 Å². The SMILES string of the molecule is N#Cc1ccc(Nc2cc(Nc3ccc(Cl)cc3)ncn2)cc1. The van der Waals surface area contributed by atoms with Gasteiger partial charge in [0.25, 0.3) is 0 Å². The second-order valence-electron chi connectivity index (χ2n) is 4.73. The highest BCUT2D eigenvalue weighted by atomic mass is 35.5. The van der Waals surface area contributed by atoms with E-state index in [1.165, 1.54) is 6.33 Å². The predicted octanol–water partition coefficient (Wildman–Crippen LogP) is 4.49. The minimum atomic E-state index is 0.614. The van der Waals surface area contributed by atoms with Crippen LogP contribution in [0.1, 0.15) is 5.56 Å². The third-order valence-corrected chi connectivity index (χ3v) is 3.32. The minimum Gasteiger partial charge on any atom is -0.340 e. The second kappa shape index (κ2) is 6.77. The van der Waals surface area contributed by atoms with Gasteiger partial charge in [-0.3, -0.25) is 0 Å². The topological polar surface area (TPSA) is 73.6 Å². The van der Waals surface area contributed by atoms with E-state index in [9.17, 15) is 0 Å². The maximum absolute atomic E-state index is 8.80. The predicted molar refractivity (Wildman–Crippen MR) is 91.2 cm³/mol. The molecule has 1 aromatic heterocycles. The van der Waals surface area contributed by atoms with Gasteiger partial charge in [-0.05, 0) is 48.5 Å². The lowest BCUT2D eigenvalue weighted by Gasteiger charge is -2.09. The molecule has 2 N–H and O–H groups in total. The number of nitrogens with one attached hydrogen (secondary N) is 2. The van der Waals surface area contributed by atoms with Crippen LogP contribution < -0.4 is 10.6 Å². The molecule has 0 spiro atoms. The summed E-state index contributed by atoms with van der Waals surface area (Å²) in [5.41, 5.74) is 2.35. The summed E-state index contributed by atoms with van der Waals surface area (Å²) < 4.78 is 0. The van der Waals surface area contributed by atoms with Crippen molar-refractivity contribution in [3.63, 3.8) is 0 Å². The molecule has 6 heteroatoms. The van der Waals surface area contributed by atoms with Crippen LogP contribution >= 0.6 is 11.6 Å². The number of hydrogen-bond acceptors (Lipinski definition) is 5. The fourth-order valence-corrected chi connectivity index (χ4v) is 2.08. The van der Waals surface area contributed by atoms with Gasteiger partial charge >= 0.3 is 0 Å². The van der Waals surface area contributed by atoms with Gasteiger partial charge in [0.1, 0.15) is 18.0 Å². The Hall–Kier alpha value is -3.10. The number of halogens is 1. The van der Waals surface area contributed by atoms with Crippen molar-refractivity contribution >= 4 is 34.6 Å². The molecule has 0 radical (unpaired) electrons. The fraction of sp³-hybridized carbons (Fsp3) is 0. The van der Waals surface area contributed by atoms with Gasteiger partial charge in [0, 0.05) is 22.5 Å². The van der Waals surface area contributed by atoms with Gasteiger partial charge in [-0.25, -0.2) is 9.97 Å². The molecular formula is C17H12ClN5. The molecule has 0 saturated carbocycles. The standard InChI is InChI=1S/C17H12ClN5/c18-13-3-7-15(8-4-13)23-17-9-16(20-11-21-17)22-14-5-1-12(10-19)2-6-14/h1-9,11H,(H2,20,21,22,23). The first-order valence-corrected chi connectivity index (χ1v) is 7.22. The highest BCUT2D eigenvalue weighted by molar-refractivity contribution is 6.30. The maximum Gasteiger partial charge on any atom is 0.135 e. The number of nitrogens with zero attached hydrogens (tertiary/aromatic N) is 3. The molecule has 0 aliphatic heterocycles. The fourth-order valence-electron chi connectivity index (χ4n) is 1.95. The zero-order chi connectivity index (χ0) is 16.1. The van der Waals surface area contributed by atoms with Crippen molar-refractivity contribution in [1.29, 1.82) is 5.26 Å². The summed E-state index contributed by atoms with van der Waals surface area (Å²) in [6.07, 6.45) is 1.48. The molecule has 0 bridgehead atoms. The van der Waals surface area contributed by atoms with E-state index in [2.05, 4.69) is 26.7 Å². The summed E-state index contributed by atoms with van der Waals surface area (Å²) in [5.74, 6) is 1.32. The number of benzene rings is 2. The van der Waals surface area contributed by atoms with Crippen LogP contribution in [0.5, 0.6) is 0 Å². The molecule has 0 fully saturated rings. The van der Waals surface area contributed by atoms with Crippen molar-refractivity contribution in [3.05, 3.63) is 71.5 Å². The third kappa shape index (κ3) is 3.96. The highest BCUT2D eigenvalue weighted by Crippen LogP contribution is 2.20. The van der Waals surface area contributed by atoms with E-state index in [0.717, 1.165) is 11.4 Å². The van der Waals surface area contributed by atoms with Crippen LogP contribution in [0.25, 0.3) is 0 Å². The van der Waals surface area contributed by atoms with Crippen LogP contribution in [0.3, 0.4) is 0 Å². The van der Waals surface area contributed by atoms with Crippen LogP contribution in [0.2, 0.25) is 5.02 Å². The normalized spacial score (nSPS) is 9.91. The first-order valence-electron chi connectivity index (χ1n) is 6.85. The summed E-state index contributed by atoms with van der Waals surface area (Å²) in [6, 6.07) is 18.4. The number of hydrogen-bond donors (Lipinski definition) is 2. The summed E-state index contributed by atoms with van der Waals surface area (Å²) >= 11 is 5.87. The largest absolute Gasteiger partial charge is 0.340 e. The molecule has 0 amide bonds. The zero-order valence-corrected chi connectivity index (χ0v) is 12.7. The molecule has 112 valence electrons. The first-order chi connectivity index (χ1) is 11.2. The van der Waals surface area contributed by atoms with Crippen LogP contribution in [-0.4, -0.2) is 9.97 Å². The second-order valence-corrected chi connectivity index (χ2v) is 5.17. The molecule has 5 nitrogen and oxygen atoms in total. The Bertz CT molecular complexity index is 838. The monoisotopic (exact) mass is 321 g/mol. The van der Waals surface area contributed by atoms with Crippen LogP contribution in [-0.2, 0) is 0 Å². The zero-order valence-electron chi connectivity index (χ0n) is 12.0. The van der Waals surface area contributed by atoms with Gasteiger partial charge in [0.2, 0.25) is 0 Å².